The molecule has 3 heterocycles. The van der Waals surface area contributed by atoms with E-state index in [9.17, 15) is 9.90 Å². The normalized spacial score (nSPS) is 35.6. The van der Waals surface area contributed by atoms with E-state index in [1.165, 1.54) is 5.56 Å². The first-order chi connectivity index (χ1) is 9.75. The number of carboxylic acid groups (broad SMARTS) is 1. The minimum Gasteiger partial charge on any atom is -0.493 e. The lowest BCUT2D eigenvalue weighted by atomic mass is 9.89. The largest absolute Gasteiger partial charge is 0.493 e. The second-order valence-corrected chi connectivity index (χ2v) is 6.12. The quantitative estimate of drug-likeness (QED) is 0.899. The molecule has 2 saturated heterocycles. The molecule has 1 aromatic rings. The maximum atomic E-state index is 11.4. The highest BCUT2D eigenvalue weighted by Gasteiger charge is 2.52. The van der Waals surface area contributed by atoms with Gasteiger partial charge in [-0.05, 0) is 25.3 Å². The van der Waals surface area contributed by atoms with Crippen molar-refractivity contribution in [1.29, 1.82) is 0 Å². The van der Waals surface area contributed by atoms with E-state index >= 15 is 0 Å². The highest BCUT2D eigenvalue weighted by Crippen LogP contribution is 2.49. The van der Waals surface area contributed by atoms with Crippen LogP contribution in [0.5, 0.6) is 5.75 Å². The Kier molecular flexibility index (Phi) is 2.74. The Morgan fingerprint density at radius 2 is 2.10 bits per heavy atom. The smallest absolute Gasteiger partial charge is 0.308 e. The molecule has 2 bridgehead atoms. The van der Waals surface area contributed by atoms with Crippen molar-refractivity contribution in [3.05, 3.63) is 29.8 Å². The van der Waals surface area contributed by atoms with E-state index in [2.05, 4.69) is 11.0 Å². The van der Waals surface area contributed by atoms with Gasteiger partial charge in [-0.25, -0.2) is 0 Å². The fourth-order valence-electron chi connectivity index (χ4n) is 4.41. The first-order valence-electron chi connectivity index (χ1n) is 7.47. The molecule has 106 valence electrons. The molecule has 4 unspecified atom stereocenters. The first kappa shape index (κ1) is 12.2. The number of hydrogen-bond acceptors (Lipinski definition) is 3. The minimum atomic E-state index is -0.623. The van der Waals surface area contributed by atoms with Crippen LogP contribution in [0, 0.1) is 5.92 Å². The summed E-state index contributed by atoms with van der Waals surface area (Å²) < 4.78 is 5.74. The fourth-order valence-corrected chi connectivity index (χ4v) is 4.41. The van der Waals surface area contributed by atoms with Gasteiger partial charge in [0.2, 0.25) is 0 Å². The van der Waals surface area contributed by atoms with E-state index < -0.39 is 5.97 Å². The van der Waals surface area contributed by atoms with Crippen molar-refractivity contribution >= 4 is 5.97 Å². The second-order valence-electron chi connectivity index (χ2n) is 6.12. The SMILES string of the molecule is O=C(O)C1CC2CCC1N2C1CCOc2ccccc21. The molecule has 0 spiro atoms. The summed E-state index contributed by atoms with van der Waals surface area (Å²) in [5.41, 5.74) is 1.24. The number of rotatable bonds is 2. The van der Waals surface area contributed by atoms with Gasteiger partial charge in [-0.3, -0.25) is 9.69 Å². The number of para-hydroxylation sites is 1. The molecule has 0 aromatic heterocycles. The van der Waals surface area contributed by atoms with Crippen molar-refractivity contribution in [1.82, 2.24) is 4.90 Å². The molecule has 0 radical (unpaired) electrons. The Morgan fingerprint density at radius 1 is 1.25 bits per heavy atom. The zero-order chi connectivity index (χ0) is 13.7. The number of benzene rings is 1. The van der Waals surface area contributed by atoms with E-state index in [1.807, 2.05) is 18.2 Å². The van der Waals surface area contributed by atoms with Crippen LogP contribution in [0.3, 0.4) is 0 Å². The lowest BCUT2D eigenvalue weighted by molar-refractivity contribution is -0.142. The van der Waals surface area contributed by atoms with E-state index in [1.54, 1.807) is 0 Å². The highest BCUT2D eigenvalue weighted by molar-refractivity contribution is 5.71. The van der Waals surface area contributed by atoms with Crippen LogP contribution in [0.25, 0.3) is 0 Å². The van der Waals surface area contributed by atoms with Gasteiger partial charge >= 0.3 is 5.97 Å². The molecule has 1 aromatic carbocycles. The fraction of sp³-hybridized carbons (Fsp3) is 0.562. The molecule has 3 aliphatic rings. The van der Waals surface area contributed by atoms with Gasteiger partial charge < -0.3 is 9.84 Å². The van der Waals surface area contributed by atoms with Crippen LogP contribution in [-0.4, -0.2) is 34.7 Å². The molecular weight excluding hydrogens is 254 g/mol. The predicted octanol–water partition coefficient (Wildman–Crippen LogP) is 2.45. The number of carbonyl (C=O) groups is 1. The summed E-state index contributed by atoms with van der Waals surface area (Å²) in [6.45, 7) is 0.732. The van der Waals surface area contributed by atoms with Gasteiger partial charge in [0.1, 0.15) is 5.75 Å². The van der Waals surface area contributed by atoms with Crippen LogP contribution >= 0.6 is 0 Å². The van der Waals surface area contributed by atoms with Gasteiger partial charge in [0.15, 0.2) is 0 Å². The molecule has 1 N–H and O–H groups in total. The average molecular weight is 273 g/mol. The van der Waals surface area contributed by atoms with Crippen LogP contribution < -0.4 is 4.74 Å². The summed E-state index contributed by atoms with van der Waals surface area (Å²) in [5.74, 6) is 0.174. The summed E-state index contributed by atoms with van der Waals surface area (Å²) in [6.07, 6.45) is 3.96. The van der Waals surface area contributed by atoms with Gasteiger partial charge in [-0.1, -0.05) is 18.2 Å². The number of ether oxygens (including phenoxy) is 1. The first-order valence-corrected chi connectivity index (χ1v) is 7.47. The molecular formula is C16H19NO3. The number of aliphatic carboxylic acids is 1. The van der Waals surface area contributed by atoms with Crippen LogP contribution in [0.1, 0.15) is 37.3 Å². The van der Waals surface area contributed by atoms with Gasteiger partial charge in [-0.2, -0.15) is 0 Å². The Labute approximate surface area is 118 Å². The van der Waals surface area contributed by atoms with E-state index in [-0.39, 0.29) is 12.0 Å². The number of hydrogen-bond donors (Lipinski definition) is 1. The topological polar surface area (TPSA) is 49.8 Å². The Hall–Kier alpha value is -1.55. The predicted molar refractivity (Wildman–Crippen MR) is 73.7 cm³/mol. The van der Waals surface area contributed by atoms with Crippen LogP contribution in [-0.2, 0) is 4.79 Å². The average Bonchev–Trinajstić information content (AvgIpc) is 3.04. The summed E-state index contributed by atoms with van der Waals surface area (Å²) in [7, 11) is 0. The molecule has 3 aliphatic heterocycles. The van der Waals surface area contributed by atoms with Crippen molar-refractivity contribution < 1.29 is 14.6 Å². The molecule has 4 heteroatoms. The van der Waals surface area contributed by atoms with Crippen molar-refractivity contribution in [2.24, 2.45) is 5.92 Å². The maximum Gasteiger partial charge on any atom is 0.308 e. The van der Waals surface area contributed by atoms with E-state index in [0.29, 0.717) is 12.1 Å². The third-order valence-corrected chi connectivity index (χ3v) is 5.19. The summed E-state index contributed by atoms with van der Waals surface area (Å²) in [6, 6.07) is 9.20. The lowest BCUT2D eigenvalue weighted by Gasteiger charge is -2.36. The molecule has 4 atom stereocenters. The molecule has 20 heavy (non-hydrogen) atoms. The molecule has 4 nitrogen and oxygen atoms in total. The summed E-state index contributed by atoms with van der Waals surface area (Å²) in [4.78, 5) is 13.9. The van der Waals surface area contributed by atoms with Gasteiger partial charge in [0.05, 0.1) is 12.5 Å². The lowest BCUT2D eigenvalue weighted by Crippen LogP contribution is -2.38. The number of nitrogens with zero attached hydrogens (tertiary/aromatic N) is 1. The highest BCUT2D eigenvalue weighted by atomic mass is 16.5. The van der Waals surface area contributed by atoms with Crippen molar-refractivity contribution in [2.75, 3.05) is 6.61 Å². The third kappa shape index (κ3) is 1.67. The van der Waals surface area contributed by atoms with Crippen LogP contribution in [0.15, 0.2) is 24.3 Å². The zero-order valence-corrected chi connectivity index (χ0v) is 11.4. The van der Waals surface area contributed by atoms with Crippen LogP contribution in [0.4, 0.5) is 0 Å². The molecule has 2 fully saturated rings. The van der Waals surface area contributed by atoms with E-state index in [0.717, 1.165) is 38.0 Å². The molecule has 4 rings (SSSR count). The van der Waals surface area contributed by atoms with Crippen LogP contribution in [0.2, 0.25) is 0 Å². The monoisotopic (exact) mass is 273 g/mol. The number of fused-ring (bicyclic) bond motifs is 3. The van der Waals surface area contributed by atoms with E-state index in [4.69, 9.17) is 4.74 Å². The van der Waals surface area contributed by atoms with Crippen molar-refractivity contribution in [3.8, 4) is 5.75 Å². The van der Waals surface area contributed by atoms with Crippen molar-refractivity contribution in [3.63, 3.8) is 0 Å². The number of carboxylic acids is 1. The Bertz CT molecular complexity index is 544. The Balaban J connectivity index is 1.68. The van der Waals surface area contributed by atoms with Gasteiger partial charge in [0, 0.05) is 30.1 Å². The van der Waals surface area contributed by atoms with Gasteiger partial charge in [0.25, 0.3) is 0 Å². The second kappa shape index (κ2) is 4.48. The standard InChI is InChI=1S/C16H19NO3/c18-16(19)12-9-10-5-6-13(12)17(10)14-7-8-20-15-4-2-1-3-11(14)15/h1-4,10,12-14H,5-9H2,(H,18,19). The summed E-state index contributed by atoms with van der Waals surface area (Å²) >= 11 is 0. The molecule has 0 saturated carbocycles. The van der Waals surface area contributed by atoms with Gasteiger partial charge in [-0.15, -0.1) is 0 Å². The minimum absolute atomic E-state index is 0.177. The summed E-state index contributed by atoms with van der Waals surface area (Å²) in [5, 5.41) is 9.40. The maximum absolute atomic E-state index is 11.4. The Morgan fingerprint density at radius 3 is 2.90 bits per heavy atom. The zero-order valence-electron chi connectivity index (χ0n) is 11.4. The molecule has 0 aliphatic carbocycles. The molecule has 0 amide bonds. The van der Waals surface area contributed by atoms with Crippen molar-refractivity contribution in [2.45, 2.75) is 43.8 Å². The third-order valence-electron chi connectivity index (χ3n) is 5.19.